The summed E-state index contributed by atoms with van der Waals surface area (Å²) in [4.78, 5) is 13.0. The van der Waals surface area contributed by atoms with Crippen molar-refractivity contribution >= 4 is 11.6 Å². The Balaban J connectivity index is 1.45. The Morgan fingerprint density at radius 1 is 1.03 bits per heavy atom. The van der Waals surface area contributed by atoms with Crippen molar-refractivity contribution in [1.29, 1.82) is 0 Å². The lowest BCUT2D eigenvalue weighted by molar-refractivity contribution is 0.235. The fraction of sp³-hybridized carbons (Fsp3) is 0.182. The number of benzene rings is 2. The summed E-state index contributed by atoms with van der Waals surface area (Å²) in [6, 6.07) is 15.8. The third-order valence-corrected chi connectivity index (χ3v) is 4.32. The van der Waals surface area contributed by atoms with Gasteiger partial charge in [-0.2, -0.15) is 9.97 Å². The second-order valence-corrected chi connectivity index (χ2v) is 6.66. The summed E-state index contributed by atoms with van der Waals surface area (Å²) in [5.74, 6) is 1.00. The van der Waals surface area contributed by atoms with E-state index in [1.54, 1.807) is 18.2 Å². The highest BCUT2D eigenvalue weighted by Crippen LogP contribution is 2.20. The van der Waals surface area contributed by atoms with E-state index in [0.717, 1.165) is 17.8 Å². The van der Waals surface area contributed by atoms with Gasteiger partial charge >= 0.3 is 0 Å². The van der Waals surface area contributed by atoms with E-state index in [-0.39, 0.29) is 18.3 Å². The van der Waals surface area contributed by atoms with Gasteiger partial charge in [0.1, 0.15) is 5.82 Å². The number of aromatic nitrogens is 4. The van der Waals surface area contributed by atoms with Crippen LogP contribution in [0.15, 0.2) is 59.1 Å². The molecule has 0 saturated heterocycles. The number of halogens is 1. The maximum absolute atomic E-state index is 13.4. The van der Waals surface area contributed by atoms with Gasteiger partial charge in [0.2, 0.25) is 17.7 Å². The second kappa shape index (κ2) is 8.69. The summed E-state index contributed by atoms with van der Waals surface area (Å²) < 4.78 is 24.3. The van der Waals surface area contributed by atoms with Crippen LogP contribution in [0.4, 0.5) is 16.0 Å². The van der Waals surface area contributed by atoms with Crippen LogP contribution in [-0.2, 0) is 13.0 Å². The molecule has 0 spiro atoms. The molecular weight excluding hydrogens is 385 g/mol. The quantitative estimate of drug-likeness (QED) is 0.470. The van der Waals surface area contributed by atoms with Crippen LogP contribution in [0.3, 0.4) is 0 Å². The molecule has 0 atom stereocenters. The molecule has 2 aromatic heterocycles. The zero-order chi connectivity index (χ0) is 20.9. The smallest absolute Gasteiger partial charge is 0.264 e. The summed E-state index contributed by atoms with van der Waals surface area (Å²) in [5.41, 5.74) is 3.40. The van der Waals surface area contributed by atoms with Gasteiger partial charge in [-0.3, -0.25) is 0 Å². The molecule has 7 nitrogen and oxygen atoms in total. The van der Waals surface area contributed by atoms with Crippen molar-refractivity contribution in [2.45, 2.75) is 26.9 Å². The molecule has 152 valence electrons. The summed E-state index contributed by atoms with van der Waals surface area (Å²) in [6.45, 7) is 3.99. The zero-order valence-electron chi connectivity index (χ0n) is 16.6. The molecule has 0 aliphatic heterocycles. The van der Waals surface area contributed by atoms with Crippen molar-refractivity contribution < 1.29 is 13.7 Å². The third-order valence-electron chi connectivity index (χ3n) is 4.32. The molecule has 30 heavy (non-hydrogen) atoms. The Bertz CT molecular complexity index is 1160. The summed E-state index contributed by atoms with van der Waals surface area (Å²) in [6.07, 6.45) is 0.945. The molecule has 0 fully saturated rings. The third kappa shape index (κ3) is 4.78. The molecule has 0 aliphatic rings. The van der Waals surface area contributed by atoms with Crippen LogP contribution < -0.4 is 10.1 Å². The minimum Gasteiger partial charge on any atom is -0.467 e. The van der Waals surface area contributed by atoms with Crippen LogP contribution >= 0.6 is 0 Å². The molecule has 2 aromatic carbocycles. The van der Waals surface area contributed by atoms with Crippen LogP contribution in [0.5, 0.6) is 5.88 Å². The molecule has 8 heteroatoms. The molecule has 0 bridgehead atoms. The standard InChI is InChI=1S/C22H20FN5O2/c1-3-15-6-4-9-18(11-15)25-22-24-14(2)10-19(27-22)29-13-20-26-21(28-30-20)16-7-5-8-17(23)12-16/h4-12H,3,13H2,1-2H3,(H,24,25,27). The highest BCUT2D eigenvalue weighted by molar-refractivity contribution is 5.55. The predicted molar refractivity (Wildman–Crippen MR) is 110 cm³/mol. The molecular formula is C22H20FN5O2. The number of ether oxygens (including phenoxy) is 1. The van der Waals surface area contributed by atoms with Gasteiger partial charge in [0.05, 0.1) is 0 Å². The van der Waals surface area contributed by atoms with Crippen molar-refractivity contribution in [2.75, 3.05) is 5.32 Å². The first-order valence-corrected chi connectivity index (χ1v) is 9.52. The van der Waals surface area contributed by atoms with E-state index in [1.807, 2.05) is 19.1 Å². The van der Waals surface area contributed by atoms with Crippen molar-refractivity contribution in [3.63, 3.8) is 0 Å². The molecule has 0 unspecified atom stereocenters. The monoisotopic (exact) mass is 405 g/mol. The van der Waals surface area contributed by atoms with Crippen LogP contribution in [0.2, 0.25) is 0 Å². The number of anilines is 2. The van der Waals surface area contributed by atoms with Gasteiger partial charge in [-0.25, -0.2) is 9.37 Å². The van der Waals surface area contributed by atoms with Crippen LogP contribution in [0.1, 0.15) is 24.1 Å². The molecule has 4 aromatic rings. The average molecular weight is 405 g/mol. The van der Waals surface area contributed by atoms with Crippen LogP contribution in [0.25, 0.3) is 11.4 Å². The zero-order valence-corrected chi connectivity index (χ0v) is 16.6. The van der Waals surface area contributed by atoms with Gasteiger partial charge in [0.25, 0.3) is 5.89 Å². The topological polar surface area (TPSA) is 86.0 Å². The molecule has 2 heterocycles. The second-order valence-electron chi connectivity index (χ2n) is 6.66. The van der Waals surface area contributed by atoms with E-state index in [4.69, 9.17) is 9.26 Å². The number of rotatable bonds is 7. The summed E-state index contributed by atoms with van der Waals surface area (Å²) in [7, 11) is 0. The van der Waals surface area contributed by atoms with Crippen LogP contribution in [0, 0.1) is 12.7 Å². The van der Waals surface area contributed by atoms with Gasteiger partial charge in [-0.1, -0.05) is 36.3 Å². The first-order valence-electron chi connectivity index (χ1n) is 9.52. The lowest BCUT2D eigenvalue weighted by Gasteiger charge is -2.09. The van der Waals surface area contributed by atoms with Crippen molar-refractivity contribution in [3.8, 4) is 17.3 Å². The number of nitrogens with zero attached hydrogens (tertiary/aromatic N) is 4. The Labute approximate surface area is 173 Å². The Morgan fingerprint density at radius 2 is 1.90 bits per heavy atom. The fourth-order valence-corrected chi connectivity index (χ4v) is 2.86. The van der Waals surface area contributed by atoms with Gasteiger partial charge in [-0.05, 0) is 43.2 Å². The Hall–Kier alpha value is -3.81. The van der Waals surface area contributed by atoms with E-state index < -0.39 is 0 Å². The van der Waals surface area contributed by atoms with Crippen molar-refractivity contribution in [2.24, 2.45) is 0 Å². The minimum absolute atomic E-state index is 0.0313. The van der Waals surface area contributed by atoms with Crippen molar-refractivity contribution in [3.05, 3.63) is 77.6 Å². The van der Waals surface area contributed by atoms with Gasteiger partial charge in [-0.15, -0.1) is 0 Å². The van der Waals surface area contributed by atoms with Gasteiger partial charge < -0.3 is 14.6 Å². The lowest BCUT2D eigenvalue weighted by atomic mass is 10.1. The maximum Gasteiger partial charge on any atom is 0.264 e. The fourth-order valence-electron chi connectivity index (χ4n) is 2.86. The van der Waals surface area contributed by atoms with Crippen molar-refractivity contribution in [1.82, 2.24) is 20.1 Å². The first kappa shape index (κ1) is 19.5. The summed E-state index contributed by atoms with van der Waals surface area (Å²) in [5, 5.41) is 7.07. The Morgan fingerprint density at radius 3 is 2.73 bits per heavy atom. The summed E-state index contributed by atoms with van der Waals surface area (Å²) >= 11 is 0. The van der Waals surface area contributed by atoms with E-state index in [1.165, 1.54) is 17.7 Å². The molecule has 0 amide bonds. The van der Waals surface area contributed by atoms with E-state index >= 15 is 0 Å². The SMILES string of the molecule is CCc1cccc(Nc2nc(C)cc(OCc3nc(-c4cccc(F)c4)no3)n2)c1. The first-order chi connectivity index (χ1) is 14.6. The van der Waals surface area contributed by atoms with Gasteiger partial charge in [0, 0.05) is 23.0 Å². The van der Waals surface area contributed by atoms with Gasteiger partial charge in [0.15, 0.2) is 6.61 Å². The predicted octanol–water partition coefficient (Wildman–Crippen LogP) is 4.86. The van der Waals surface area contributed by atoms with E-state index in [2.05, 4.69) is 44.5 Å². The largest absolute Gasteiger partial charge is 0.467 e. The molecule has 0 saturated carbocycles. The number of aryl methyl sites for hydroxylation is 2. The highest BCUT2D eigenvalue weighted by Gasteiger charge is 2.11. The highest BCUT2D eigenvalue weighted by atomic mass is 19.1. The number of nitrogens with one attached hydrogen (secondary N) is 1. The van der Waals surface area contributed by atoms with Crippen LogP contribution in [-0.4, -0.2) is 20.1 Å². The maximum atomic E-state index is 13.4. The molecule has 4 rings (SSSR count). The minimum atomic E-state index is -0.365. The Kier molecular flexibility index (Phi) is 5.65. The van der Waals surface area contributed by atoms with E-state index in [9.17, 15) is 4.39 Å². The molecule has 0 radical (unpaired) electrons. The number of hydrogen-bond acceptors (Lipinski definition) is 7. The lowest BCUT2D eigenvalue weighted by Crippen LogP contribution is -2.03. The average Bonchev–Trinajstić information content (AvgIpc) is 3.21. The molecule has 0 aliphatic carbocycles. The normalized spacial score (nSPS) is 10.8. The number of hydrogen-bond donors (Lipinski definition) is 1. The van der Waals surface area contributed by atoms with E-state index in [0.29, 0.717) is 23.2 Å². The molecule has 1 N–H and O–H groups in total.